The summed E-state index contributed by atoms with van der Waals surface area (Å²) in [6.45, 7) is 0.720. The maximum Gasteiger partial charge on any atom is 0.244 e. The fourth-order valence-electron chi connectivity index (χ4n) is 2.33. The molecule has 1 saturated heterocycles. The van der Waals surface area contributed by atoms with Crippen LogP contribution >= 0.6 is 0 Å². The van der Waals surface area contributed by atoms with Crippen LogP contribution in [0, 0.1) is 0 Å². The number of hydrogen-bond acceptors (Lipinski definition) is 3. The fraction of sp³-hybridized carbons (Fsp3) is 0.818. The zero-order valence-electron chi connectivity index (χ0n) is 9.66. The second-order valence-corrected chi connectivity index (χ2v) is 5.06. The van der Waals surface area contributed by atoms with Crippen molar-refractivity contribution in [3.63, 3.8) is 0 Å². The molecule has 0 aromatic carbocycles. The Kier molecular flexibility index (Phi) is 2.88. The number of nitrogens with two attached hydrogens (primary N) is 1. The third kappa shape index (κ3) is 2.19. The Bertz CT molecular complexity index is 312. The Morgan fingerprint density at radius 2 is 2.31 bits per heavy atom. The van der Waals surface area contributed by atoms with E-state index in [0.29, 0.717) is 12.8 Å². The normalized spacial score (nSPS) is 27.8. The molecular weight excluding hydrogens is 206 g/mol. The Hall–Kier alpha value is -1.10. The second-order valence-electron chi connectivity index (χ2n) is 5.06. The van der Waals surface area contributed by atoms with E-state index in [1.54, 1.807) is 11.9 Å². The molecule has 1 aliphatic carbocycles. The standard InChI is InChI=1S/C11H19N3O2/c1-14-6-3-8(10(14)16)13-9(15)7-11(12)4-2-5-11/h8H,2-7,12H2,1H3,(H,13,15). The molecule has 5 heteroatoms. The first-order valence-electron chi connectivity index (χ1n) is 5.83. The number of nitrogens with zero attached hydrogens (tertiary/aromatic N) is 1. The van der Waals surface area contributed by atoms with Gasteiger partial charge in [-0.25, -0.2) is 0 Å². The third-order valence-electron chi connectivity index (χ3n) is 3.62. The number of nitrogens with one attached hydrogen (secondary N) is 1. The van der Waals surface area contributed by atoms with Crippen molar-refractivity contribution in [3.8, 4) is 0 Å². The van der Waals surface area contributed by atoms with Crippen LogP contribution < -0.4 is 11.1 Å². The summed E-state index contributed by atoms with van der Waals surface area (Å²) in [5.41, 5.74) is 5.68. The first kappa shape index (κ1) is 11.4. The summed E-state index contributed by atoms with van der Waals surface area (Å²) in [5.74, 6) is -0.0797. The van der Waals surface area contributed by atoms with Crippen LogP contribution in [0.25, 0.3) is 0 Å². The van der Waals surface area contributed by atoms with Gasteiger partial charge >= 0.3 is 0 Å². The highest BCUT2D eigenvalue weighted by Gasteiger charge is 2.36. The molecule has 2 amide bonds. The molecule has 1 heterocycles. The van der Waals surface area contributed by atoms with Gasteiger partial charge in [-0.1, -0.05) is 0 Å². The van der Waals surface area contributed by atoms with E-state index in [4.69, 9.17) is 5.73 Å². The topological polar surface area (TPSA) is 75.4 Å². The van der Waals surface area contributed by atoms with Crippen LogP contribution in [-0.4, -0.2) is 41.9 Å². The minimum absolute atomic E-state index is 0.00744. The molecule has 0 aromatic rings. The van der Waals surface area contributed by atoms with Crippen molar-refractivity contribution in [2.75, 3.05) is 13.6 Å². The maximum atomic E-state index is 11.7. The molecule has 1 aliphatic heterocycles. The number of hydrogen-bond donors (Lipinski definition) is 2. The van der Waals surface area contributed by atoms with Crippen molar-refractivity contribution in [3.05, 3.63) is 0 Å². The molecule has 0 bridgehead atoms. The highest BCUT2D eigenvalue weighted by atomic mass is 16.2. The summed E-state index contributed by atoms with van der Waals surface area (Å²) in [5, 5.41) is 2.77. The van der Waals surface area contributed by atoms with Crippen LogP contribution in [0.15, 0.2) is 0 Å². The van der Waals surface area contributed by atoms with Gasteiger partial charge < -0.3 is 16.0 Å². The summed E-state index contributed by atoms with van der Waals surface area (Å²) in [4.78, 5) is 24.9. The second kappa shape index (κ2) is 4.05. The van der Waals surface area contributed by atoms with Crippen molar-refractivity contribution < 1.29 is 9.59 Å². The predicted molar refractivity (Wildman–Crippen MR) is 59.6 cm³/mol. The van der Waals surface area contributed by atoms with Gasteiger partial charge in [0.15, 0.2) is 0 Å². The minimum atomic E-state index is -0.332. The smallest absolute Gasteiger partial charge is 0.244 e. The van der Waals surface area contributed by atoms with Crippen LogP contribution in [0.1, 0.15) is 32.1 Å². The van der Waals surface area contributed by atoms with Crippen LogP contribution in [-0.2, 0) is 9.59 Å². The summed E-state index contributed by atoms with van der Waals surface area (Å²) in [7, 11) is 1.75. The van der Waals surface area contributed by atoms with Gasteiger partial charge in [0.05, 0.1) is 0 Å². The van der Waals surface area contributed by atoms with Gasteiger partial charge in [0.2, 0.25) is 11.8 Å². The van der Waals surface area contributed by atoms with Gasteiger partial charge in [-0.3, -0.25) is 9.59 Å². The van der Waals surface area contributed by atoms with Crippen molar-refractivity contribution in [1.82, 2.24) is 10.2 Å². The monoisotopic (exact) mass is 225 g/mol. The lowest BCUT2D eigenvalue weighted by Gasteiger charge is -2.37. The lowest BCUT2D eigenvalue weighted by molar-refractivity contribution is -0.132. The lowest BCUT2D eigenvalue weighted by atomic mass is 9.75. The van der Waals surface area contributed by atoms with Crippen LogP contribution in [0.3, 0.4) is 0 Å². The zero-order chi connectivity index (χ0) is 11.8. The van der Waals surface area contributed by atoms with E-state index in [0.717, 1.165) is 25.8 Å². The van der Waals surface area contributed by atoms with Crippen molar-refractivity contribution in [1.29, 1.82) is 0 Å². The molecule has 16 heavy (non-hydrogen) atoms. The van der Waals surface area contributed by atoms with Crippen LogP contribution in [0.5, 0.6) is 0 Å². The van der Waals surface area contributed by atoms with Crippen LogP contribution in [0.2, 0.25) is 0 Å². The largest absolute Gasteiger partial charge is 0.344 e. The summed E-state index contributed by atoms with van der Waals surface area (Å²) < 4.78 is 0. The average molecular weight is 225 g/mol. The van der Waals surface area contributed by atoms with E-state index in [9.17, 15) is 9.59 Å². The predicted octanol–water partition coefficient (Wildman–Crippen LogP) is -0.395. The maximum absolute atomic E-state index is 11.7. The van der Waals surface area contributed by atoms with Gasteiger partial charge in [0.25, 0.3) is 0 Å². The highest BCUT2D eigenvalue weighted by molar-refractivity contribution is 5.89. The molecule has 0 aromatic heterocycles. The zero-order valence-corrected chi connectivity index (χ0v) is 9.66. The Labute approximate surface area is 95.3 Å². The van der Waals surface area contributed by atoms with E-state index in [1.165, 1.54) is 0 Å². The molecule has 90 valence electrons. The minimum Gasteiger partial charge on any atom is -0.344 e. The van der Waals surface area contributed by atoms with E-state index >= 15 is 0 Å². The Morgan fingerprint density at radius 1 is 1.62 bits per heavy atom. The number of carbonyl (C=O) groups is 2. The number of likely N-dealkylation sites (tertiary alicyclic amines) is 1. The Morgan fingerprint density at radius 3 is 2.75 bits per heavy atom. The quantitative estimate of drug-likeness (QED) is 0.686. The number of likely N-dealkylation sites (N-methyl/N-ethyl adjacent to an activating group) is 1. The molecule has 1 unspecified atom stereocenters. The molecule has 1 saturated carbocycles. The van der Waals surface area contributed by atoms with Crippen molar-refractivity contribution >= 4 is 11.8 Å². The number of amides is 2. The third-order valence-corrected chi connectivity index (χ3v) is 3.62. The van der Waals surface area contributed by atoms with Gasteiger partial charge in [0.1, 0.15) is 6.04 Å². The van der Waals surface area contributed by atoms with Gasteiger partial charge in [0, 0.05) is 25.6 Å². The highest BCUT2D eigenvalue weighted by Crippen LogP contribution is 2.32. The van der Waals surface area contributed by atoms with Gasteiger partial charge in [-0.05, 0) is 25.7 Å². The Balaban J connectivity index is 1.81. The summed E-state index contributed by atoms with van der Waals surface area (Å²) >= 11 is 0. The molecule has 3 N–H and O–H groups in total. The first-order valence-corrected chi connectivity index (χ1v) is 5.83. The van der Waals surface area contributed by atoms with Gasteiger partial charge in [-0.2, -0.15) is 0 Å². The molecular formula is C11H19N3O2. The van der Waals surface area contributed by atoms with E-state index in [-0.39, 0.29) is 23.4 Å². The molecule has 5 nitrogen and oxygen atoms in total. The summed E-state index contributed by atoms with van der Waals surface area (Å²) in [6.07, 6.45) is 3.99. The van der Waals surface area contributed by atoms with E-state index in [1.807, 2.05) is 0 Å². The van der Waals surface area contributed by atoms with E-state index in [2.05, 4.69) is 5.32 Å². The number of rotatable bonds is 3. The van der Waals surface area contributed by atoms with E-state index < -0.39 is 0 Å². The van der Waals surface area contributed by atoms with Crippen molar-refractivity contribution in [2.24, 2.45) is 5.73 Å². The molecule has 0 radical (unpaired) electrons. The molecule has 2 aliphatic rings. The molecule has 2 rings (SSSR count). The van der Waals surface area contributed by atoms with Crippen molar-refractivity contribution in [2.45, 2.75) is 43.7 Å². The molecule has 1 atom stereocenters. The lowest BCUT2D eigenvalue weighted by Crippen LogP contribution is -2.51. The van der Waals surface area contributed by atoms with Crippen LogP contribution in [0.4, 0.5) is 0 Å². The number of carbonyl (C=O) groups excluding carboxylic acids is 2. The first-order chi connectivity index (χ1) is 7.50. The summed E-state index contributed by atoms with van der Waals surface area (Å²) in [6, 6.07) is -0.332. The SMILES string of the molecule is CN1CCC(NC(=O)CC2(N)CCC2)C1=O. The average Bonchev–Trinajstić information content (AvgIpc) is 2.47. The van der Waals surface area contributed by atoms with Gasteiger partial charge in [-0.15, -0.1) is 0 Å². The fourth-order valence-corrected chi connectivity index (χ4v) is 2.33. The molecule has 2 fully saturated rings. The molecule has 0 spiro atoms.